The SMILES string of the molecule is CCOC(=O)N1CC2(CCC(N3CCN(c4ncccc4/C(N)=C/C=N)CC3)C2)C1. The number of pyridine rings is 1. The largest absolute Gasteiger partial charge is 0.450 e. The number of rotatable bonds is 5. The van der Waals surface area contributed by atoms with Crippen LogP contribution in [-0.4, -0.2) is 79.0 Å². The molecule has 3 N–H and O–H groups in total. The molecule has 0 aromatic carbocycles. The van der Waals surface area contributed by atoms with Crippen molar-refractivity contribution in [1.82, 2.24) is 14.8 Å². The third-order valence-corrected chi connectivity index (χ3v) is 6.75. The standard InChI is InChI=1S/C22H32N6O2/c1-2-30-21(29)28-15-22(16-28)7-5-17(14-22)26-10-12-27(13-11-26)20-18(4-3-9-25-20)19(24)6-8-23/h3-4,6,8-9,17,23H,2,5,7,10-16,24H2,1H3/b19-6-,23-8?. The Morgan fingerprint density at radius 3 is 2.83 bits per heavy atom. The fourth-order valence-electron chi connectivity index (χ4n) is 5.24. The van der Waals surface area contributed by atoms with Gasteiger partial charge in [0.1, 0.15) is 5.82 Å². The second kappa shape index (κ2) is 8.63. The van der Waals surface area contributed by atoms with Gasteiger partial charge in [-0.15, -0.1) is 0 Å². The predicted octanol–water partition coefficient (Wildman–Crippen LogP) is 2.16. The van der Waals surface area contributed by atoms with Crippen LogP contribution in [0.3, 0.4) is 0 Å². The molecule has 1 atom stereocenters. The van der Waals surface area contributed by atoms with Crippen LogP contribution in [0.15, 0.2) is 24.4 Å². The number of likely N-dealkylation sites (tertiary alicyclic amines) is 1. The molecule has 4 rings (SSSR count). The first kappa shape index (κ1) is 20.7. The van der Waals surface area contributed by atoms with E-state index in [0.29, 0.717) is 23.8 Å². The summed E-state index contributed by atoms with van der Waals surface area (Å²) in [5.41, 5.74) is 7.90. The van der Waals surface area contributed by atoms with E-state index in [0.717, 1.165) is 50.6 Å². The summed E-state index contributed by atoms with van der Waals surface area (Å²) in [4.78, 5) is 23.2. The van der Waals surface area contributed by atoms with Gasteiger partial charge in [0.05, 0.1) is 6.61 Å². The average molecular weight is 413 g/mol. The smallest absolute Gasteiger partial charge is 0.409 e. The number of anilines is 1. The Labute approximate surface area is 178 Å². The number of piperazine rings is 1. The van der Waals surface area contributed by atoms with Crippen LogP contribution in [0.2, 0.25) is 0 Å². The zero-order valence-electron chi connectivity index (χ0n) is 17.7. The lowest BCUT2D eigenvalue weighted by atomic mass is 9.78. The monoisotopic (exact) mass is 412 g/mol. The summed E-state index contributed by atoms with van der Waals surface area (Å²) in [7, 11) is 0. The van der Waals surface area contributed by atoms with Gasteiger partial charge in [-0.05, 0) is 44.4 Å². The van der Waals surface area contributed by atoms with Gasteiger partial charge in [-0.2, -0.15) is 0 Å². The third kappa shape index (κ3) is 4.01. The Balaban J connectivity index is 1.32. The first-order chi connectivity index (χ1) is 14.5. The van der Waals surface area contributed by atoms with Crippen LogP contribution in [-0.2, 0) is 4.74 Å². The molecule has 1 aromatic heterocycles. The van der Waals surface area contributed by atoms with Crippen LogP contribution in [0.25, 0.3) is 5.70 Å². The van der Waals surface area contributed by atoms with Crippen LogP contribution in [0.4, 0.5) is 10.6 Å². The maximum Gasteiger partial charge on any atom is 0.409 e. The van der Waals surface area contributed by atoms with E-state index in [-0.39, 0.29) is 6.09 Å². The molecule has 3 fully saturated rings. The fourth-order valence-corrected chi connectivity index (χ4v) is 5.24. The highest BCUT2D eigenvalue weighted by molar-refractivity contribution is 5.84. The molecule has 8 heteroatoms. The summed E-state index contributed by atoms with van der Waals surface area (Å²) < 4.78 is 5.13. The molecule has 2 saturated heterocycles. The van der Waals surface area contributed by atoms with Gasteiger partial charge in [-0.3, -0.25) is 4.90 Å². The highest BCUT2D eigenvalue weighted by Crippen LogP contribution is 2.47. The summed E-state index contributed by atoms with van der Waals surface area (Å²) in [5.74, 6) is 0.903. The zero-order valence-corrected chi connectivity index (χ0v) is 17.7. The van der Waals surface area contributed by atoms with E-state index in [2.05, 4.69) is 14.8 Å². The van der Waals surface area contributed by atoms with Gasteiger partial charge in [0.25, 0.3) is 0 Å². The van der Waals surface area contributed by atoms with Crippen molar-refractivity contribution in [3.05, 3.63) is 30.0 Å². The van der Waals surface area contributed by atoms with Crippen molar-refractivity contribution in [2.24, 2.45) is 11.1 Å². The number of nitrogens with one attached hydrogen (secondary N) is 1. The van der Waals surface area contributed by atoms with Gasteiger partial charge in [0.15, 0.2) is 0 Å². The minimum atomic E-state index is -0.164. The molecular weight excluding hydrogens is 380 g/mol. The van der Waals surface area contributed by atoms with Gasteiger partial charge in [0, 0.05) is 74.4 Å². The molecule has 8 nitrogen and oxygen atoms in total. The van der Waals surface area contributed by atoms with Crippen molar-refractivity contribution in [3.63, 3.8) is 0 Å². The number of nitrogens with zero attached hydrogens (tertiary/aromatic N) is 4. The molecule has 2 aliphatic heterocycles. The molecule has 1 amide bonds. The Morgan fingerprint density at radius 2 is 2.13 bits per heavy atom. The molecule has 3 heterocycles. The Hall–Kier alpha value is -2.61. The van der Waals surface area contributed by atoms with Crippen molar-refractivity contribution in [2.45, 2.75) is 32.2 Å². The second-order valence-electron chi connectivity index (χ2n) is 8.64. The molecule has 1 aliphatic carbocycles. The van der Waals surface area contributed by atoms with Crippen LogP contribution in [0.1, 0.15) is 31.7 Å². The fraction of sp³-hybridized carbons (Fsp3) is 0.591. The molecule has 0 bridgehead atoms. The van der Waals surface area contributed by atoms with E-state index in [9.17, 15) is 4.79 Å². The van der Waals surface area contributed by atoms with Gasteiger partial charge in [-0.1, -0.05) is 0 Å². The van der Waals surface area contributed by atoms with Crippen LogP contribution < -0.4 is 10.6 Å². The minimum Gasteiger partial charge on any atom is -0.450 e. The molecule has 1 saturated carbocycles. The number of aromatic nitrogens is 1. The number of carbonyl (C=O) groups excluding carboxylic acids is 1. The molecule has 1 spiro atoms. The maximum absolute atomic E-state index is 11.9. The summed E-state index contributed by atoms with van der Waals surface area (Å²) in [5, 5.41) is 7.28. The summed E-state index contributed by atoms with van der Waals surface area (Å²) >= 11 is 0. The predicted molar refractivity (Wildman–Crippen MR) is 118 cm³/mol. The number of carbonyl (C=O) groups is 1. The normalized spacial score (nSPS) is 24.0. The van der Waals surface area contributed by atoms with Gasteiger partial charge >= 0.3 is 6.09 Å². The highest BCUT2D eigenvalue weighted by Gasteiger charge is 2.51. The first-order valence-corrected chi connectivity index (χ1v) is 10.9. The van der Waals surface area contributed by atoms with Gasteiger partial charge in [0.2, 0.25) is 0 Å². The molecule has 162 valence electrons. The molecular formula is C22H32N6O2. The van der Waals surface area contributed by atoms with Crippen molar-refractivity contribution < 1.29 is 9.53 Å². The summed E-state index contributed by atoms with van der Waals surface area (Å²) in [6.07, 6.45) is 8.03. The van der Waals surface area contributed by atoms with Crippen LogP contribution in [0, 0.1) is 10.8 Å². The number of ether oxygens (including phenoxy) is 1. The average Bonchev–Trinajstić information content (AvgIpc) is 3.19. The van der Waals surface area contributed by atoms with Crippen molar-refractivity contribution >= 4 is 23.8 Å². The molecule has 3 aliphatic rings. The lowest BCUT2D eigenvalue weighted by Crippen LogP contribution is -2.58. The number of allylic oxidation sites excluding steroid dienone is 1. The zero-order chi connectivity index (χ0) is 21.1. The summed E-state index contributed by atoms with van der Waals surface area (Å²) in [6, 6.07) is 4.45. The van der Waals surface area contributed by atoms with E-state index >= 15 is 0 Å². The molecule has 1 unspecified atom stereocenters. The van der Waals surface area contributed by atoms with Crippen molar-refractivity contribution in [1.29, 1.82) is 5.41 Å². The second-order valence-corrected chi connectivity index (χ2v) is 8.64. The summed E-state index contributed by atoms with van der Waals surface area (Å²) in [6.45, 7) is 7.83. The molecule has 1 aromatic rings. The Morgan fingerprint density at radius 1 is 1.37 bits per heavy atom. The van der Waals surface area contributed by atoms with Crippen molar-refractivity contribution in [2.75, 3.05) is 50.8 Å². The number of amides is 1. The number of hydrogen-bond acceptors (Lipinski definition) is 7. The first-order valence-electron chi connectivity index (χ1n) is 10.9. The van der Waals surface area contributed by atoms with Gasteiger partial charge in [-0.25, -0.2) is 9.78 Å². The van der Waals surface area contributed by atoms with E-state index in [1.807, 2.05) is 24.0 Å². The Bertz CT molecular complexity index is 812. The topological polar surface area (TPSA) is 98.8 Å². The third-order valence-electron chi connectivity index (χ3n) is 6.75. The Kier molecular flexibility index (Phi) is 5.94. The van der Waals surface area contributed by atoms with Crippen molar-refractivity contribution in [3.8, 4) is 0 Å². The minimum absolute atomic E-state index is 0.164. The van der Waals surface area contributed by atoms with Gasteiger partial charge < -0.3 is 25.7 Å². The molecule has 0 radical (unpaired) electrons. The van der Waals surface area contributed by atoms with Crippen LogP contribution in [0.5, 0.6) is 0 Å². The van der Waals surface area contributed by atoms with E-state index < -0.39 is 0 Å². The number of hydrogen-bond donors (Lipinski definition) is 2. The highest BCUT2D eigenvalue weighted by atomic mass is 16.6. The lowest BCUT2D eigenvalue weighted by molar-refractivity contribution is -0.00294. The lowest BCUT2D eigenvalue weighted by Gasteiger charge is -2.48. The molecule has 30 heavy (non-hydrogen) atoms. The van der Waals surface area contributed by atoms with E-state index in [1.54, 1.807) is 12.3 Å². The van der Waals surface area contributed by atoms with E-state index in [1.165, 1.54) is 25.5 Å². The number of nitrogens with two attached hydrogens (primary N) is 1. The van der Waals surface area contributed by atoms with Crippen LogP contribution >= 0.6 is 0 Å². The maximum atomic E-state index is 11.9. The van der Waals surface area contributed by atoms with E-state index in [4.69, 9.17) is 15.9 Å². The quantitative estimate of drug-likeness (QED) is 0.719.